The first-order valence-electron chi connectivity index (χ1n) is 36.8. The van der Waals surface area contributed by atoms with Gasteiger partial charge in [-0.05, 0) is 81.5 Å². The highest BCUT2D eigenvalue weighted by Crippen LogP contribution is 2.26. The van der Waals surface area contributed by atoms with E-state index in [9.17, 15) is 77.3 Å². The number of imide groups is 1. The number of fused-ring (bicyclic) bond motifs is 5. The van der Waals surface area contributed by atoms with Gasteiger partial charge in [0.05, 0.1) is 18.2 Å². The highest BCUT2D eigenvalue weighted by atomic mass is 32.2. The van der Waals surface area contributed by atoms with Crippen LogP contribution in [-0.4, -0.2) is 260 Å². The fourth-order valence-corrected chi connectivity index (χ4v) is 13.6. The zero-order valence-electron chi connectivity index (χ0n) is 61.2. The van der Waals surface area contributed by atoms with Crippen LogP contribution in [0.3, 0.4) is 0 Å². The van der Waals surface area contributed by atoms with Crippen molar-refractivity contribution in [1.82, 2.24) is 95.3 Å². The third-order valence-corrected chi connectivity index (χ3v) is 19.6. The molecule has 13 amide bonds. The third-order valence-electron chi connectivity index (χ3n) is 18.3. The number of hydrogen-bond acceptors (Lipinski definition) is 23. The van der Waals surface area contributed by atoms with Gasteiger partial charge in [-0.25, -0.2) is 0 Å². The number of carbonyl (C=O) groups excluding carboxylic acids is 13. The minimum Gasteiger partial charge on any atom is -0.508 e. The van der Waals surface area contributed by atoms with E-state index in [1.54, 1.807) is 42.5 Å². The summed E-state index contributed by atoms with van der Waals surface area (Å²) in [5.74, 6) is -10.6. The number of hydrogen-bond donors (Lipinski definition) is 22. The monoisotopic (exact) mass is 1530 g/mol. The van der Waals surface area contributed by atoms with Gasteiger partial charge < -0.3 is 107 Å². The summed E-state index contributed by atoms with van der Waals surface area (Å²) < 4.78 is 0. The van der Waals surface area contributed by atoms with Crippen molar-refractivity contribution in [3.05, 3.63) is 65.7 Å². The van der Waals surface area contributed by atoms with Crippen LogP contribution in [0, 0.1) is 5.41 Å². The molecule has 0 spiro atoms. The Bertz CT molecular complexity index is 3380. The molecule has 0 radical (unpaired) electrons. The van der Waals surface area contributed by atoms with Crippen molar-refractivity contribution in [3.63, 3.8) is 0 Å². The number of nitrogens with two attached hydrogens (primary N) is 2. The molecule has 0 aliphatic carbocycles. The molecule has 4 fully saturated rings. The van der Waals surface area contributed by atoms with Gasteiger partial charge in [-0.2, -0.15) is 0 Å². The van der Waals surface area contributed by atoms with E-state index >= 15 is 0 Å². The Morgan fingerprint density at radius 3 is 1.83 bits per heavy atom. The molecule has 4 heterocycles. The molecule has 2 bridgehead atoms. The van der Waals surface area contributed by atoms with E-state index in [-0.39, 0.29) is 139 Å². The number of likely N-dealkylation sites (tertiary alicyclic amines) is 1. The quantitative estimate of drug-likeness (QED) is 0.0131. The summed E-state index contributed by atoms with van der Waals surface area (Å²) in [6.07, 6.45) is 0.560. The van der Waals surface area contributed by atoms with Crippen LogP contribution in [0.1, 0.15) is 114 Å². The summed E-state index contributed by atoms with van der Waals surface area (Å²) in [6, 6.07) is 6.77. The molecular formula is C70H109N21O16S. The predicted octanol–water partition coefficient (Wildman–Crippen LogP) is -6.04. The molecule has 38 heteroatoms. The molecule has 2 unspecified atom stereocenters. The van der Waals surface area contributed by atoms with E-state index < -0.39 is 137 Å². The number of nitrogens with one attached hydrogen (secondary N) is 18. The Morgan fingerprint density at radius 2 is 1.17 bits per heavy atom. The molecule has 37 nitrogen and oxygen atoms in total. The number of amides is 13. The minimum atomic E-state index is -1.68. The van der Waals surface area contributed by atoms with E-state index in [0.717, 1.165) is 42.8 Å². The van der Waals surface area contributed by atoms with Crippen molar-refractivity contribution in [2.24, 2.45) is 11.5 Å². The zero-order chi connectivity index (χ0) is 78.4. The second-order valence-corrected chi connectivity index (χ2v) is 28.8. The minimum absolute atomic E-state index is 0.0161. The standard InChI is InChI=1S/C70H109N21O16S/c1-69-40-74-27-29-76-42-70(83-32-31-82-69,43-77-30-28-75-41-69)90-57(96)18-10-17-56(95)84-49(35-45-19-21-46(92)22-20-45)63(103)79-25-8-3-6-16-55(94)86-52(61(71)101)39-108-53-37-59(98)91(67(53)107)33-23-54(93)78-24-9-7-14-48-64(104)87-47(15-11-26-80-68(72)73)62(102)81-38-58(97)85-51(36-60(99)100)66(106)89-50(65(105)88-48)34-44-12-4-2-5-13-44/h2,4-5,12-13,19-22,47-53,74-77,82-83,92H,3,6-11,14-18,23-43H2,1H3,(H2,71,101)(H,78,93)(H,79,103)(H,81,102)(H,84,95)(H,85,97)(H,86,94)(H,87,104)(H,88,105)(H,89,106)(H,90,96)(H,99,100)(H4,72,73,80)/t47-,48?,49-,50+,51+,52-,53?,69-,70-/m0/s1. The van der Waals surface area contributed by atoms with E-state index in [0.29, 0.717) is 69.7 Å². The Kier molecular flexibility index (Phi) is 37.1. The fraction of sp³-hybridized carbons (Fsp3) is 0.614. The summed E-state index contributed by atoms with van der Waals surface area (Å²) in [4.78, 5) is 187. The number of primary amides is 1. The summed E-state index contributed by atoms with van der Waals surface area (Å²) in [7, 11) is 0. The highest BCUT2D eigenvalue weighted by Gasteiger charge is 2.41. The van der Waals surface area contributed by atoms with Gasteiger partial charge in [0, 0.05) is 148 Å². The van der Waals surface area contributed by atoms with Gasteiger partial charge in [0.1, 0.15) is 47.7 Å². The maximum atomic E-state index is 14.2. The van der Waals surface area contributed by atoms with Crippen molar-refractivity contribution in [2.45, 2.75) is 169 Å². The number of aromatic hydroxyl groups is 1. The molecule has 7 atom stereocenters. The molecule has 24 N–H and O–H groups in total. The zero-order valence-corrected chi connectivity index (χ0v) is 62.0. The van der Waals surface area contributed by atoms with Crippen molar-refractivity contribution in [1.29, 1.82) is 5.41 Å². The van der Waals surface area contributed by atoms with E-state index in [4.69, 9.17) is 16.9 Å². The molecular weight excluding hydrogens is 1420 g/mol. The second kappa shape index (κ2) is 45.9. The maximum absolute atomic E-state index is 14.2. The van der Waals surface area contributed by atoms with Gasteiger partial charge in [-0.3, -0.25) is 82.7 Å². The molecule has 2 aromatic rings. The molecule has 2 aromatic carbocycles. The number of thioether (sulfide) groups is 1. The van der Waals surface area contributed by atoms with Crippen LogP contribution >= 0.6 is 11.8 Å². The number of rotatable bonds is 36. The molecule has 0 aromatic heterocycles. The van der Waals surface area contributed by atoms with Crippen LogP contribution in [0.4, 0.5) is 0 Å². The van der Waals surface area contributed by atoms with Crippen LogP contribution in [0.5, 0.6) is 5.75 Å². The predicted molar refractivity (Wildman–Crippen MR) is 398 cm³/mol. The number of unbranched alkanes of at least 4 members (excludes halogenated alkanes) is 3. The lowest BCUT2D eigenvalue weighted by molar-refractivity contribution is -0.141. The molecule has 108 heavy (non-hydrogen) atoms. The molecule has 4 aliphatic rings. The van der Waals surface area contributed by atoms with Gasteiger partial charge >= 0.3 is 5.97 Å². The number of carbonyl (C=O) groups is 14. The van der Waals surface area contributed by atoms with Crippen LogP contribution < -0.4 is 102 Å². The number of phenols is 1. The van der Waals surface area contributed by atoms with Gasteiger partial charge in [0.25, 0.3) is 0 Å². The van der Waals surface area contributed by atoms with Gasteiger partial charge in [-0.1, -0.05) is 48.9 Å². The van der Waals surface area contributed by atoms with Crippen molar-refractivity contribution in [2.75, 3.05) is 104 Å². The molecule has 6 rings (SSSR count). The topological polar surface area (TPSA) is 563 Å². The summed E-state index contributed by atoms with van der Waals surface area (Å²) in [5, 5.41) is 76.4. The number of nitrogens with zero attached hydrogens (tertiary/aromatic N) is 1. The largest absolute Gasteiger partial charge is 0.508 e. The maximum Gasteiger partial charge on any atom is 0.305 e. The highest BCUT2D eigenvalue weighted by molar-refractivity contribution is 8.00. The summed E-state index contributed by atoms with van der Waals surface area (Å²) in [6.45, 7) is 8.12. The van der Waals surface area contributed by atoms with Crippen LogP contribution in [0.15, 0.2) is 54.6 Å². The Morgan fingerprint density at radius 1 is 0.593 bits per heavy atom. The second-order valence-electron chi connectivity index (χ2n) is 27.5. The van der Waals surface area contributed by atoms with Crippen LogP contribution in [-0.2, 0) is 80.0 Å². The lowest BCUT2D eigenvalue weighted by atomic mass is 10.0. The number of phenolic OH excluding ortho intramolecular Hbond substituents is 1. The summed E-state index contributed by atoms with van der Waals surface area (Å²) >= 11 is 0.949. The fourth-order valence-electron chi connectivity index (χ4n) is 12.4. The van der Waals surface area contributed by atoms with Crippen molar-refractivity contribution in [3.8, 4) is 5.75 Å². The van der Waals surface area contributed by atoms with E-state index in [2.05, 4.69) is 97.3 Å². The van der Waals surface area contributed by atoms with Crippen molar-refractivity contribution < 1.29 is 77.3 Å². The Balaban J connectivity index is 0.919. The van der Waals surface area contributed by atoms with E-state index in [1.165, 1.54) is 12.1 Å². The Labute approximate surface area is 631 Å². The van der Waals surface area contributed by atoms with Crippen LogP contribution in [0.25, 0.3) is 0 Å². The average molecular weight is 1530 g/mol. The first-order chi connectivity index (χ1) is 51.7. The molecule has 0 saturated carbocycles. The first kappa shape index (κ1) is 87.3. The first-order valence-corrected chi connectivity index (χ1v) is 37.9. The lowest BCUT2D eigenvalue weighted by Gasteiger charge is -2.39. The van der Waals surface area contributed by atoms with Gasteiger partial charge in [-0.15, -0.1) is 11.8 Å². The van der Waals surface area contributed by atoms with Gasteiger partial charge in [0.15, 0.2) is 5.96 Å². The number of guanidine groups is 1. The molecule has 596 valence electrons. The average Bonchev–Trinajstić information content (AvgIpc) is 1.65. The normalized spacial score (nSPS) is 22.7. The van der Waals surface area contributed by atoms with Gasteiger partial charge in [0.2, 0.25) is 76.8 Å². The summed E-state index contributed by atoms with van der Waals surface area (Å²) in [5.41, 5.74) is 11.3. The van der Waals surface area contributed by atoms with E-state index in [1.807, 2.05) is 0 Å². The van der Waals surface area contributed by atoms with Crippen molar-refractivity contribution >= 4 is 100 Å². The number of carboxylic acids is 1. The smallest absolute Gasteiger partial charge is 0.305 e. The molecule has 4 aliphatic heterocycles. The number of carboxylic acid groups (broad SMARTS) is 1. The Hall–Kier alpha value is -9.60. The SMILES string of the molecule is C[C@]12CNCCNC[C@](NC(=O)CCCC(=O)N[C@@H](Cc3ccc(O)cc3)C(=O)NCCCCCC(=O)N[C@@H](CSC3CC(=O)N(CCC(=O)NCCCCC4NC(=O)[C@@H](Cc5ccccc5)NC(=O)[C@@H](CC(=O)O)NC(=O)CNC(=O)[C@H](CCCNC(=N)N)NC4=O)C3=O)C(N)=O)(CNCCNC1)NCCN2. The number of benzene rings is 2. The van der Waals surface area contributed by atoms with Crippen LogP contribution in [0.2, 0.25) is 0 Å². The number of aliphatic carboxylic acids is 1. The lowest BCUT2D eigenvalue weighted by Crippen LogP contribution is -2.70. The third kappa shape index (κ3) is 32.1. The molecule has 4 saturated heterocycles.